The van der Waals surface area contributed by atoms with Crippen LogP contribution in [-0.4, -0.2) is 41.2 Å². The first-order chi connectivity index (χ1) is 11.7. The number of amides is 1. The van der Waals surface area contributed by atoms with Crippen molar-refractivity contribution in [2.24, 2.45) is 0 Å². The smallest absolute Gasteiger partial charge is 0.255 e. The van der Waals surface area contributed by atoms with Crippen LogP contribution in [0.4, 0.5) is 0 Å². The fraction of sp³-hybridized carbons (Fsp3) is 0.421. The van der Waals surface area contributed by atoms with Gasteiger partial charge in [0.05, 0.1) is 24.1 Å². The van der Waals surface area contributed by atoms with Gasteiger partial charge in [0.2, 0.25) is 0 Å². The topological polar surface area (TPSA) is 55.3 Å². The molecule has 2 aromatic rings. The summed E-state index contributed by atoms with van der Waals surface area (Å²) in [5.74, 6) is 0.0503. The maximum absolute atomic E-state index is 12.6. The number of benzene rings is 1. The van der Waals surface area contributed by atoms with Crippen LogP contribution in [0.25, 0.3) is 0 Å². The van der Waals surface area contributed by atoms with E-state index in [1.54, 1.807) is 25.6 Å². The second-order valence-electron chi connectivity index (χ2n) is 6.72. The molecule has 4 rings (SSSR count). The molecule has 0 N–H and O–H groups in total. The SMILES string of the molecule is COC1CC2(CCN(C(=O)c3ccnnc3)CC2)c2ccccc21. The highest BCUT2D eigenvalue weighted by Crippen LogP contribution is 2.51. The van der Waals surface area contributed by atoms with Crippen molar-refractivity contribution in [3.05, 3.63) is 59.4 Å². The number of carbonyl (C=O) groups excluding carboxylic acids is 1. The van der Waals surface area contributed by atoms with Crippen LogP contribution in [0.3, 0.4) is 0 Å². The molecule has 1 aliphatic carbocycles. The third-order valence-corrected chi connectivity index (χ3v) is 5.58. The number of hydrogen-bond donors (Lipinski definition) is 0. The largest absolute Gasteiger partial charge is 0.377 e. The molecule has 0 bridgehead atoms. The van der Waals surface area contributed by atoms with Gasteiger partial charge in [-0.2, -0.15) is 10.2 Å². The van der Waals surface area contributed by atoms with Crippen molar-refractivity contribution >= 4 is 5.91 Å². The Morgan fingerprint density at radius 2 is 2.00 bits per heavy atom. The van der Waals surface area contributed by atoms with Gasteiger partial charge in [-0.15, -0.1) is 0 Å². The first-order valence-corrected chi connectivity index (χ1v) is 8.42. The molecule has 1 aliphatic heterocycles. The highest BCUT2D eigenvalue weighted by atomic mass is 16.5. The van der Waals surface area contributed by atoms with Gasteiger partial charge >= 0.3 is 0 Å². The Kier molecular flexibility index (Phi) is 3.81. The molecule has 1 unspecified atom stereocenters. The quantitative estimate of drug-likeness (QED) is 0.853. The van der Waals surface area contributed by atoms with Gasteiger partial charge in [0.1, 0.15) is 0 Å². The van der Waals surface area contributed by atoms with Crippen LogP contribution < -0.4 is 0 Å². The standard InChI is InChI=1S/C19H21N3O2/c1-24-17-12-19(16-5-3-2-4-15(16)17)7-10-22(11-8-19)18(23)14-6-9-20-21-13-14/h2-6,9,13,17H,7-8,10-12H2,1H3. The molecule has 1 spiro atoms. The van der Waals surface area contributed by atoms with E-state index >= 15 is 0 Å². The van der Waals surface area contributed by atoms with E-state index < -0.39 is 0 Å². The van der Waals surface area contributed by atoms with Gasteiger partial charge in [-0.3, -0.25) is 4.79 Å². The zero-order chi connectivity index (χ0) is 16.6. The minimum absolute atomic E-state index is 0.0503. The monoisotopic (exact) mass is 323 g/mol. The Morgan fingerprint density at radius 3 is 2.71 bits per heavy atom. The lowest BCUT2D eigenvalue weighted by Crippen LogP contribution is -2.44. The van der Waals surface area contributed by atoms with Gasteiger partial charge < -0.3 is 9.64 Å². The summed E-state index contributed by atoms with van der Waals surface area (Å²) in [7, 11) is 1.79. The molecule has 24 heavy (non-hydrogen) atoms. The van der Waals surface area contributed by atoms with Gasteiger partial charge in [0.15, 0.2) is 0 Å². The predicted molar refractivity (Wildman–Crippen MR) is 89.7 cm³/mol. The average Bonchev–Trinajstić information content (AvgIpc) is 2.96. The summed E-state index contributed by atoms with van der Waals surface area (Å²) in [5.41, 5.74) is 3.49. The number of aromatic nitrogens is 2. The average molecular weight is 323 g/mol. The Balaban J connectivity index is 1.53. The van der Waals surface area contributed by atoms with Crippen LogP contribution in [0.15, 0.2) is 42.7 Å². The number of methoxy groups -OCH3 is 1. The van der Waals surface area contributed by atoms with Crippen molar-refractivity contribution in [1.29, 1.82) is 0 Å². The van der Waals surface area contributed by atoms with Crippen LogP contribution >= 0.6 is 0 Å². The van der Waals surface area contributed by atoms with Gasteiger partial charge in [0.25, 0.3) is 5.91 Å². The molecule has 124 valence electrons. The molecule has 5 heteroatoms. The predicted octanol–water partition coefficient (Wildman–Crippen LogP) is 2.74. The molecular weight excluding hydrogens is 302 g/mol. The summed E-state index contributed by atoms with van der Waals surface area (Å²) in [5, 5.41) is 7.55. The molecule has 0 saturated carbocycles. The van der Waals surface area contributed by atoms with E-state index in [9.17, 15) is 4.79 Å². The first-order valence-electron chi connectivity index (χ1n) is 8.42. The van der Waals surface area contributed by atoms with Gasteiger partial charge in [-0.25, -0.2) is 0 Å². The van der Waals surface area contributed by atoms with E-state index in [-0.39, 0.29) is 17.4 Å². The third kappa shape index (κ3) is 2.40. The van der Waals surface area contributed by atoms with Crippen LogP contribution in [0, 0.1) is 0 Å². The van der Waals surface area contributed by atoms with Crippen LogP contribution in [0.5, 0.6) is 0 Å². The second kappa shape index (κ2) is 5.98. The van der Waals surface area contributed by atoms with Crippen molar-refractivity contribution < 1.29 is 9.53 Å². The van der Waals surface area contributed by atoms with Crippen LogP contribution in [-0.2, 0) is 10.2 Å². The molecule has 1 aromatic heterocycles. The summed E-state index contributed by atoms with van der Waals surface area (Å²) in [6.45, 7) is 1.54. The van der Waals surface area contributed by atoms with Gasteiger partial charge in [0, 0.05) is 25.6 Å². The van der Waals surface area contributed by atoms with Crippen molar-refractivity contribution in [2.75, 3.05) is 20.2 Å². The van der Waals surface area contributed by atoms with E-state index in [0.29, 0.717) is 5.56 Å². The molecule has 1 amide bonds. The molecule has 1 aromatic carbocycles. The lowest BCUT2D eigenvalue weighted by molar-refractivity contribution is 0.0558. The van der Waals surface area contributed by atoms with E-state index in [0.717, 1.165) is 32.4 Å². The molecule has 5 nitrogen and oxygen atoms in total. The molecule has 1 saturated heterocycles. The van der Waals surface area contributed by atoms with Crippen molar-refractivity contribution in [1.82, 2.24) is 15.1 Å². The van der Waals surface area contributed by atoms with Crippen molar-refractivity contribution in [2.45, 2.75) is 30.8 Å². The number of carbonyl (C=O) groups is 1. The van der Waals surface area contributed by atoms with Crippen LogP contribution in [0.2, 0.25) is 0 Å². The maximum Gasteiger partial charge on any atom is 0.255 e. The van der Waals surface area contributed by atoms with E-state index in [2.05, 4.69) is 34.5 Å². The minimum Gasteiger partial charge on any atom is -0.377 e. The number of likely N-dealkylation sites (tertiary alicyclic amines) is 1. The number of nitrogens with zero attached hydrogens (tertiary/aromatic N) is 3. The molecule has 1 atom stereocenters. The van der Waals surface area contributed by atoms with Crippen molar-refractivity contribution in [3.63, 3.8) is 0 Å². The molecule has 2 heterocycles. The molecule has 2 aliphatic rings. The number of ether oxygens (including phenoxy) is 1. The van der Waals surface area contributed by atoms with Gasteiger partial charge in [-0.05, 0) is 36.5 Å². The number of hydrogen-bond acceptors (Lipinski definition) is 4. The first kappa shape index (κ1) is 15.3. The molecule has 0 radical (unpaired) electrons. The number of fused-ring (bicyclic) bond motifs is 2. The summed E-state index contributed by atoms with van der Waals surface area (Å²) < 4.78 is 5.71. The number of piperidine rings is 1. The fourth-order valence-corrected chi connectivity index (χ4v) is 4.26. The second-order valence-corrected chi connectivity index (χ2v) is 6.72. The maximum atomic E-state index is 12.6. The van der Waals surface area contributed by atoms with Crippen LogP contribution in [0.1, 0.15) is 46.9 Å². The zero-order valence-electron chi connectivity index (χ0n) is 13.8. The van der Waals surface area contributed by atoms with E-state index in [1.165, 1.54) is 11.1 Å². The summed E-state index contributed by atoms with van der Waals surface area (Å²) in [6, 6.07) is 10.3. The Labute approximate surface area is 141 Å². The van der Waals surface area contributed by atoms with E-state index in [1.807, 2.05) is 4.90 Å². The third-order valence-electron chi connectivity index (χ3n) is 5.58. The van der Waals surface area contributed by atoms with Crippen molar-refractivity contribution in [3.8, 4) is 0 Å². The van der Waals surface area contributed by atoms with E-state index in [4.69, 9.17) is 4.74 Å². The normalized spacial score (nSPS) is 21.7. The summed E-state index contributed by atoms with van der Waals surface area (Å²) in [6.07, 6.45) is 6.25. The zero-order valence-corrected chi connectivity index (χ0v) is 13.8. The number of rotatable bonds is 2. The summed E-state index contributed by atoms with van der Waals surface area (Å²) >= 11 is 0. The van der Waals surface area contributed by atoms with Gasteiger partial charge in [-0.1, -0.05) is 24.3 Å². The minimum atomic E-state index is 0.0503. The fourth-order valence-electron chi connectivity index (χ4n) is 4.26. The highest BCUT2D eigenvalue weighted by molar-refractivity contribution is 5.93. The Bertz CT molecular complexity index is 739. The molecule has 1 fully saturated rings. The highest BCUT2D eigenvalue weighted by Gasteiger charge is 2.46. The Morgan fingerprint density at radius 1 is 1.21 bits per heavy atom. The summed E-state index contributed by atoms with van der Waals surface area (Å²) in [4.78, 5) is 14.5. The lowest BCUT2D eigenvalue weighted by Gasteiger charge is -2.40. The molecular formula is C19H21N3O2. The Hall–Kier alpha value is -2.27. The lowest BCUT2D eigenvalue weighted by atomic mass is 9.73.